The molecule has 23 heavy (non-hydrogen) atoms. The van der Waals surface area contributed by atoms with Crippen LogP contribution in [0.5, 0.6) is 0 Å². The van der Waals surface area contributed by atoms with Crippen molar-refractivity contribution in [3.8, 4) is 0 Å². The molecule has 0 aliphatic carbocycles. The summed E-state index contributed by atoms with van der Waals surface area (Å²) in [6.07, 6.45) is 1.21. The van der Waals surface area contributed by atoms with Crippen LogP contribution in [0.1, 0.15) is 18.4 Å². The largest absolute Gasteiger partial charge is 0.383 e. The van der Waals surface area contributed by atoms with Gasteiger partial charge in [0.2, 0.25) is 15.9 Å². The van der Waals surface area contributed by atoms with E-state index in [0.717, 1.165) is 18.5 Å². The molecular weight excluding hydrogens is 318 g/mol. The van der Waals surface area contributed by atoms with Gasteiger partial charge in [0.05, 0.1) is 11.5 Å². The highest BCUT2D eigenvalue weighted by atomic mass is 32.2. The van der Waals surface area contributed by atoms with Gasteiger partial charge in [0, 0.05) is 26.6 Å². The summed E-state index contributed by atoms with van der Waals surface area (Å²) in [5, 5.41) is 5.77. The molecule has 0 atom stereocenters. The lowest BCUT2D eigenvalue weighted by Crippen LogP contribution is -2.27. The number of sulfonamides is 1. The van der Waals surface area contributed by atoms with Crippen LogP contribution in [0.25, 0.3) is 0 Å². The topological polar surface area (TPSA) is 96.5 Å². The summed E-state index contributed by atoms with van der Waals surface area (Å²) in [6, 6.07) is 6.52. The van der Waals surface area contributed by atoms with E-state index in [0.29, 0.717) is 19.6 Å². The van der Waals surface area contributed by atoms with E-state index in [1.54, 1.807) is 18.2 Å². The van der Waals surface area contributed by atoms with E-state index in [2.05, 4.69) is 15.4 Å². The molecule has 7 nitrogen and oxygen atoms in total. The minimum Gasteiger partial charge on any atom is -0.383 e. The van der Waals surface area contributed by atoms with Crippen molar-refractivity contribution in [3.05, 3.63) is 29.8 Å². The van der Waals surface area contributed by atoms with E-state index in [4.69, 9.17) is 4.74 Å². The fourth-order valence-electron chi connectivity index (χ4n) is 1.90. The number of amides is 1. The second kappa shape index (κ2) is 10.3. The number of carbonyl (C=O) groups excluding carboxylic acids is 1. The van der Waals surface area contributed by atoms with Gasteiger partial charge >= 0.3 is 0 Å². The molecule has 0 aromatic heterocycles. The highest BCUT2D eigenvalue weighted by molar-refractivity contribution is 7.89. The van der Waals surface area contributed by atoms with Crippen molar-refractivity contribution in [1.29, 1.82) is 0 Å². The average Bonchev–Trinajstić information content (AvgIpc) is 2.54. The first-order chi connectivity index (χ1) is 11.0. The van der Waals surface area contributed by atoms with Gasteiger partial charge in [-0.15, -0.1) is 0 Å². The Hall–Kier alpha value is -1.48. The van der Waals surface area contributed by atoms with Crippen molar-refractivity contribution in [3.63, 3.8) is 0 Å². The maximum Gasteiger partial charge on any atom is 0.240 e. The van der Waals surface area contributed by atoms with Gasteiger partial charge in [0.25, 0.3) is 0 Å². The molecule has 3 N–H and O–H groups in total. The zero-order valence-electron chi connectivity index (χ0n) is 13.6. The molecule has 0 aliphatic rings. The number of nitrogens with one attached hydrogen (secondary N) is 3. The van der Waals surface area contributed by atoms with E-state index in [-0.39, 0.29) is 17.3 Å². The summed E-state index contributed by atoms with van der Waals surface area (Å²) in [6.45, 7) is 1.61. The highest BCUT2D eigenvalue weighted by Gasteiger charge is 2.13. The second-order valence-corrected chi connectivity index (χ2v) is 6.79. The number of benzene rings is 1. The molecule has 0 unspecified atom stereocenters. The molecule has 1 aromatic carbocycles. The van der Waals surface area contributed by atoms with E-state index < -0.39 is 10.0 Å². The van der Waals surface area contributed by atoms with Crippen LogP contribution in [-0.2, 0) is 26.1 Å². The number of hydrogen-bond acceptors (Lipinski definition) is 5. The second-order valence-electron chi connectivity index (χ2n) is 5.02. The maximum atomic E-state index is 12.1. The molecule has 1 aromatic rings. The summed E-state index contributed by atoms with van der Waals surface area (Å²) in [7, 11) is -0.216. The first-order valence-corrected chi connectivity index (χ1v) is 8.96. The number of ether oxygens (including phenoxy) is 1. The van der Waals surface area contributed by atoms with Crippen molar-refractivity contribution in [2.75, 3.05) is 33.9 Å². The summed E-state index contributed by atoms with van der Waals surface area (Å²) in [5.74, 6) is -0.0493. The standard InChI is InChI=1S/C15H25N3O4S/c1-16-8-4-7-15(19)17-12-13-5-3-6-14(11-13)23(20,21)18-9-10-22-2/h3,5-6,11,16,18H,4,7-10,12H2,1-2H3,(H,17,19). The van der Waals surface area contributed by atoms with E-state index in [9.17, 15) is 13.2 Å². The van der Waals surface area contributed by atoms with Crippen LogP contribution in [0.2, 0.25) is 0 Å². The lowest BCUT2D eigenvalue weighted by atomic mass is 10.2. The van der Waals surface area contributed by atoms with Crippen molar-refractivity contribution >= 4 is 15.9 Å². The third-order valence-electron chi connectivity index (χ3n) is 3.13. The van der Waals surface area contributed by atoms with Gasteiger partial charge < -0.3 is 15.4 Å². The molecule has 0 saturated heterocycles. The van der Waals surface area contributed by atoms with E-state index in [1.807, 2.05) is 7.05 Å². The quantitative estimate of drug-likeness (QED) is 0.500. The Bertz CT molecular complexity index is 590. The van der Waals surface area contributed by atoms with Crippen LogP contribution in [-0.4, -0.2) is 48.2 Å². The molecule has 8 heteroatoms. The minimum absolute atomic E-state index is 0.0493. The average molecular weight is 343 g/mol. The van der Waals surface area contributed by atoms with Crippen molar-refractivity contribution in [2.45, 2.75) is 24.3 Å². The number of methoxy groups -OCH3 is 1. The first-order valence-electron chi connectivity index (χ1n) is 7.48. The number of rotatable bonds is 11. The highest BCUT2D eigenvalue weighted by Crippen LogP contribution is 2.11. The van der Waals surface area contributed by atoms with Crippen LogP contribution in [0, 0.1) is 0 Å². The summed E-state index contributed by atoms with van der Waals surface area (Å²) in [5.41, 5.74) is 0.738. The Kier molecular flexibility index (Phi) is 8.78. The number of carbonyl (C=O) groups is 1. The van der Waals surface area contributed by atoms with Crippen molar-refractivity contribution in [1.82, 2.24) is 15.4 Å². The van der Waals surface area contributed by atoms with E-state index in [1.165, 1.54) is 13.2 Å². The van der Waals surface area contributed by atoms with Gasteiger partial charge in [-0.1, -0.05) is 12.1 Å². The Morgan fingerprint density at radius 1 is 1.26 bits per heavy atom. The van der Waals surface area contributed by atoms with Crippen LogP contribution < -0.4 is 15.4 Å². The Morgan fingerprint density at radius 2 is 2.04 bits per heavy atom. The minimum atomic E-state index is -3.56. The SMILES string of the molecule is CNCCCC(=O)NCc1cccc(S(=O)(=O)NCCOC)c1. The molecule has 0 bridgehead atoms. The van der Waals surface area contributed by atoms with Crippen LogP contribution >= 0.6 is 0 Å². The van der Waals surface area contributed by atoms with Crippen molar-refractivity contribution < 1.29 is 17.9 Å². The van der Waals surface area contributed by atoms with Crippen molar-refractivity contribution in [2.24, 2.45) is 0 Å². The Balaban J connectivity index is 2.57. The van der Waals surface area contributed by atoms with Gasteiger partial charge in [-0.2, -0.15) is 0 Å². The van der Waals surface area contributed by atoms with Crippen LogP contribution in [0.15, 0.2) is 29.2 Å². The molecule has 0 heterocycles. The predicted octanol–water partition coefficient (Wildman–Crippen LogP) is 0.227. The molecule has 0 radical (unpaired) electrons. The predicted molar refractivity (Wildman–Crippen MR) is 88.5 cm³/mol. The Morgan fingerprint density at radius 3 is 2.74 bits per heavy atom. The third-order valence-corrected chi connectivity index (χ3v) is 4.59. The smallest absolute Gasteiger partial charge is 0.240 e. The molecule has 0 aliphatic heterocycles. The molecule has 0 fully saturated rings. The van der Waals surface area contributed by atoms with Crippen LogP contribution in [0.3, 0.4) is 0 Å². The molecule has 1 rings (SSSR count). The van der Waals surface area contributed by atoms with Crippen LogP contribution in [0.4, 0.5) is 0 Å². The maximum absolute atomic E-state index is 12.1. The summed E-state index contributed by atoms with van der Waals surface area (Å²) in [4.78, 5) is 11.8. The molecular formula is C15H25N3O4S. The summed E-state index contributed by atoms with van der Waals surface area (Å²) >= 11 is 0. The lowest BCUT2D eigenvalue weighted by molar-refractivity contribution is -0.121. The summed E-state index contributed by atoms with van der Waals surface area (Å²) < 4.78 is 31.5. The van der Waals surface area contributed by atoms with Gasteiger partial charge in [0.15, 0.2) is 0 Å². The lowest BCUT2D eigenvalue weighted by Gasteiger charge is -2.09. The zero-order valence-corrected chi connectivity index (χ0v) is 14.4. The molecule has 0 spiro atoms. The van der Waals surface area contributed by atoms with Gasteiger partial charge in [-0.25, -0.2) is 13.1 Å². The molecule has 130 valence electrons. The van der Waals surface area contributed by atoms with E-state index >= 15 is 0 Å². The molecule has 0 saturated carbocycles. The normalized spacial score (nSPS) is 11.4. The Labute approximate surface area is 137 Å². The monoisotopic (exact) mass is 343 g/mol. The zero-order chi connectivity index (χ0) is 17.1. The fourth-order valence-corrected chi connectivity index (χ4v) is 2.98. The first kappa shape index (κ1) is 19.6. The van der Waals surface area contributed by atoms with Gasteiger partial charge in [-0.3, -0.25) is 4.79 Å². The molecule has 1 amide bonds. The number of hydrogen-bond donors (Lipinski definition) is 3. The van der Waals surface area contributed by atoms with Gasteiger partial charge in [0.1, 0.15) is 0 Å². The third kappa shape index (κ3) is 7.56. The van der Waals surface area contributed by atoms with Gasteiger partial charge in [-0.05, 0) is 37.7 Å². The fraction of sp³-hybridized carbons (Fsp3) is 0.533.